The molecule has 136 valence electrons. The molecule has 2 heterocycles. The number of hydrogen-bond acceptors (Lipinski definition) is 4. The van der Waals surface area contributed by atoms with Gasteiger partial charge in [-0.15, -0.1) is 12.4 Å². The third-order valence-electron chi connectivity index (χ3n) is 5.79. The van der Waals surface area contributed by atoms with Crippen molar-refractivity contribution in [2.24, 2.45) is 11.3 Å². The van der Waals surface area contributed by atoms with Gasteiger partial charge < -0.3 is 10.2 Å². The van der Waals surface area contributed by atoms with Gasteiger partial charge in [0.15, 0.2) is 0 Å². The van der Waals surface area contributed by atoms with Crippen molar-refractivity contribution in [2.75, 3.05) is 32.7 Å². The molecule has 1 atom stereocenters. The fourth-order valence-electron chi connectivity index (χ4n) is 4.30. The molecule has 2 saturated heterocycles. The molecule has 1 aliphatic carbocycles. The Hall–Kier alpha value is 0.120. The molecule has 0 radical (unpaired) electrons. The molecule has 7 heteroatoms. The number of nitrogens with one attached hydrogen (secondary N) is 2. The predicted octanol–water partition coefficient (Wildman–Crippen LogP) is 1.59. The van der Waals surface area contributed by atoms with Crippen molar-refractivity contribution in [1.82, 2.24) is 14.9 Å². The topological polar surface area (TPSA) is 61.4 Å². The number of halogens is 1. The first kappa shape index (κ1) is 19.4. The smallest absolute Gasteiger partial charge is 0.214 e. The Kier molecular flexibility index (Phi) is 6.39. The van der Waals surface area contributed by atoms with Gasteiger partial charge in [0.25, 0.3) is 0 Å². The van der Waals surface area contributed by atoms with E-state index in [1.165, 1.54) is 52.0 Å². The van der Waals surface area contributed by atoms with Crippen molar-refractivity contribution in [3.63, 3.8) is 0 Å². The van der Waals surface area contributed by atoms with E-state index >= 15 is 0 Å². The van der Waals surface area contributed by atoms with Crippen LogP contribution in [0.1, 0.15) is 46.0 Å². The monoisotopic (exact) mass is 365 g/mol. The highest BCUT2D eigenvalue weighted by atomic mass is 35.5. The summed E-state index contributed by atoms with van der Waals surface area (Å²) in [5.41, 5.74) is 0.492. The minimum atomic E-state index is -3.12. The van der Waals surface area contributed by atoms with Crippen LogP contribution in [0.2, 0.25) is 0 Å². The Balaban J connectivity index is 0.00000192. The largest absolute Gasteiger partial charge is 0.316 e. The quantitative estimate of drug-likeness (QED) is 0.776. The van der Waals surface area contributed by atoms with Gasteiger partial charge in [-0.3, -0.25) is 0 Å². The molecule has 0 aromatic heterocycles. The molecule has 0 amide bonds. The highest BCUT2D eigenvalue weighted by Crippen LogP contribution is 2.44. The average Bonchev–Trinajstić information content (AvgIpc) is 2.92. The second-order valence-electron chi connectivity index (χ2n) is 8.01. The van der Waals surface area contributed by atoms with E-state index in [9.17, 15) is 8.42 Å². The summed E-state index contributed by atoms with van der Waals surface area (Å²) in [4.78, 5) is 2.61. The minimum absolute atomic E-state index is 0. The van der Waals surface area contributed by atoms with Crippen LogP contribution in [0.15, 0.2) is 0 Å². The summed E-state index contributed by atoms with van der Waals surface area (Å²) >= 11 is 0. The maximum absolute atomic E-state index is 12.0. The van der Waals surface area contributed by atoms with Crippen molar-refractivity contribution >= 4 is 22.4 Å². The maximum atomic E-state index is 12.0. The summed E-state index contributed by atoms with van der Waals surface area (Å²) in [5, 5.41) is 3.11. The van der Waals surface area contributed by atoms with Crippen molar-refractivity contribution in [3.8, 4) is 0 Å². The van der Waals surface area contributed by atoms with E-state index in [0.717, 1.165) is 18.8 Å². The molecule has 3 fully saturated rings. The van der Waals surface area contributed by atoms with Crippen LogP contribution < -0.4 is 10.0 Å². The van der Waals surface area contributed by atoms with Gasteiger partial charge in [-0.2, -0.15) is 0 Å². The normalized spacial score (nSPS) is 28.7. The van der Waals surface area contributed by atoms with E-state index < -0.39 is 10.0 Å². The maximum Gasteiger partial charge on any atom is 0.214 e. The van der Waals surface area contributed by atoms with E-state index in [4.69, 9.17) is 0 Å². The molecule has 2 N–H and O–H groups in total. The molecule has 3 rings (SSSR count). The summed E-state index contributed by atoms with van der Waals surface area (Å²) < 4.78 is 26.8. The molecule has 23 heavy (non-hydrogen) atoms. The zero-order valence-electron chi connectivity index (χ0n) is 14.4. The van der Waals surface area contributed by atoms with Crippen LogP contribution in [0.25, 0.3) is 0 Å². The van der Waals surface area contributed by atoms with E-state index in [-0.39, 0.29) is 23.7 Å². The lowest BCUT2D eigenvalue weighted by molar-refractivity contribution is -0.0387. The first-order valence-corrected chi connectivity index (χ1v) is 10.4. The lowest BCUT2D eigenvalue weighted by Gasteiger charge is -2.54. The molecule has 5 nitrogen and oxygen atoms in total. The molecule has 0 aromatic rings. The molecule has 2 aliphatic heterocycles. The van der Waals surface area contributed by atoms with Gasteiger partial charge in [0.2, 0.25) is 10.0 Å². The third kappa shape index (κ3) is 4.60. The average molecular weight is 366 g/mol. The Bertz CT molecular complexity index is 476. The van der Waals surface area contributed by atoms with Gasteiger partial charge in [-0.05, 0) is 70.4 Å². The standard InChI is InChI=1S/C16H31N3O2S.ClH/c1-13(2)22(20,21)18-15-3-6-16(7-4-15)11-19(12-16)10-14-5-8-17-9-14;/h13-15,17-18H,3-12H2,1-2H3;1H. The van der Waals surface area contributed by atoms with Gasteiger partial charge in [0.1, 0.15) is 0 Å². The summed E-state index contributed by atoms with van der Waals surface area (Å²) in [5.74, 6) is 0.839. The molecule has 3 aliphatic rings. The van der Waals surface area contributed by atoms with Crippen LogP contribution in [-0.2, 0) is 10.0 Å². The van der Waals surface area contributed by atoms with E-state index in [1.807, 2.05) is 0 Å². The van der Waals surface area contributed by atoms with Crippen LogP contribution in [0.3, 0.4) is 0 Å². The zero-order chi connectivity index (χ0) is 15.8. The first-order valence-electron chi connectivity index (χ1n) is 8.83. The van der Waals surface area contributed by atoms with Gasteiger partial charge in [-0.1, -0.05) is 0 Å². The molecule has 1 unspecified atom stereocenters. The Morgan fingerprint density at radius 1 is 1.22 bits per heavy atom. The highest BCUT2D eigenvalue weighted by Gasteiger charge is 2.45. The molecule has 1 saturated carbocycles. The Morgan fingerprint density at radius 3 is 2.39 bits per heavy atom. The van der Waals surface area contributed by atoms with Crippen molar-refractivity contribution in [1.29, 1.82) is 0 Å². The van der Waals surface area contributed by atoms with Crippen LogP contribution in [-0.4, -0.2) is 57.3 Å². The number of rotatable bonds is 5. The molecular weight excluding hydrogens is 334 g/mol. The highest BCUT2D eigenvalue weighted by molar-refractivity contribution is 7.90. The fraction of sp³-hybridized carbons (Fsp3) is 1.00. The summed E-state index contributed by atoms with van der Waals surface area (Å²) in [6.07, 6.45) is 5.69. The van der Waals surface area contributed by atoms with Gasteiger partial charge in [0.05, 0.1) is 5.25 Å². The SMILES string of the molecule is CC(C)S(=O)(=O)NC1CCC2(CC1)CN(CC1CCNC1)C2.Cl. The van der Waals surface area contributed by atoms with E-state index in [0.29, 0.717) is 5.41 Å². The lowest BCUT2D eigenvalue weighted by atomic mass is 9.67. The van der Waals surface area contributed by atoms with Crippen molar-refractivity contribution < 1.29 is 8.42 Å². The molecule has 1 spiro atoms. The summed E-state index contributed by atoms with van der Waals surface area (Å²) in [6.45, 7) is 9.56. The second kappa shape index (κ2) is 7.56. The first-order chi connectivity index (χ1) is 10.4. The molecule has 0 bridgehead atoms. The van der Waals surface area contributed by atoms with Gasteiger partial charge in [0, 0.05) is 25.7 Å². The minimum Gasteiger partial charge on any atom is -0.316 e. The van der Waals surface area contributed by atoms with Gasteiger partial charge in [-0.25, -0.2) is 13.1 Å². The Labute approximate surface area is 147 Å². The fourth-order valence-corrected chi connectivity index (χ4v) is 5.27. The van der Waals surface area contributed by atoms with Crippen molar-refractivity contribution in [2.45, 2.75) is 57.2 Å². The number of sulfonamides is 1. The predicted molar refractivity (Wildman–Crippen MR) is 96.5 cm³/mol. The number of nitrogens with zero attached hydrogens (tertiary/aromatic N) is 1. The van der Waals surface area contributed by atoms with Crippen LogP contribution in [0.4, 0.5) is 0 Å². The van der Waals surface area contributed by atoms with Crippen LogP contribution in [0, 0.1) is 11.3 Å². The molecule has 0 aromatic carbocycles. The van der Waals surface area contributed by atoms with Crippen LogP contribution >= 0.6 is 12.4 Å². The van der Waals surface area contributed by atoms with Crippen LogP contribution in [0.5, 0.6) is 0 Å². The number of likely N-dealkylation sites (tertiary alicyclic amines) is 1. The van der Waals surface area contributed by atoms with E-state index in [2.05, 4.69) is 14.9 Å². The van der Waals surface area contributed by atoms with Gasteiger partial charge >= 0.3 is 0 Å². The molecular formula is C16H32ClN3O2S. The zero-order valence-corrected chi connectivity index (χ0v) is 16.0. The number of hydrogen-bond donors (Lipinski definition) is 2. The second-order valence-corrected chi connectivity index (χ2v) is 10.3. The van der Waals surface area contributed by atoms with Crippen molar-refractivity contribution in [3.05, 3.63) is 0 Å². The third-order valence-corrected chi connectivity index (χ3v) is 7.70. The lowest BCUT2D eigenvalue weighted by Crippen LogP contribution is -2.59. The van der Waals surface area contributed by atoms with E-state index in [1.54, 1.807) is 13.8 Å². The Morgan fingerprint density at radius 2 is 1.87 bits per heavy atom. The summed E-state index contributed by atoms with van der Waals surface area (Å²) in [7, 11) is -3.12. The summed E-state index contributed by atoms with van der Waals surface area (Å²) in [6, 6.07) is 0.158.